The Bertz CT molecular complexity index is 810. The Balaban J connectivity index is 2.11. The quantitative estimate of drug-likeness (QED) is 0.729. The molecule has 3 aromatic rings. The molecule has 106 valence electrons. The maximum atomic E-state index is 11.7. The van der Waals surface area contributed by atoms with Crippen molar-refractivity contribution in [1.29, 1.82) is 0 Å². The van der Waals surface area contributed by atoms with E-state index in [1.807, 2.05) is 36.6 Å². The molecule has 3 rings (SSSR count). The van der Waals surface area contributed by atoms with Gasteiger partial charge in [-0.1, -0.05) is 18.2 Å². The van der Waals surface area contributed by atoms with Crippen molar-refractivity contribution in [2.45, 2.75) is 4.90 Å². The number of imidazole rings is 1. The number of hydrogen-bond acceptors (Lipinski definition) is 3. The lowest BCUT2D eigenvalue weighted by Crippen LogP contribution is -2.17. The van der Waals surface area contributed by atoms with Crippen LogP contribution in [0, 0.1) is 0 Å². The molecule has 1 amide bonds. The summed E-state index contributed by atoms with van der Waals surface area (Å²) in [6.45, 7) is 0. The summed E-state index contributed by atoms with van der Waals surface area (Å²) in [7, 11) is 1.62. The molecule has 0 saturated heterocycles. The van der Waals surface area contributed by atoms with Crippen LogP contribution in [0.4, 0.5) is 0 Å². The Kier molecular flexibility index (Phi) is 3.66. The second kappa shape index (κ2) is 5.61. The third-order valence-corrected chi connectivity index (χ3v) is 4.13. The van der Waals surface area contributed by atoms with Crippen LogP contribution in [-0.4, -0.2) is 29.2 Å². The molecule has 0 unspecified atom stereocenters. The van der Waals surface area contributed by atoms with Crippen molar-refractivity contribution in [3.05, 3.63) is 48.0 Å². The average Bonchev–Trinajstić information content (AvgIpc) is 2.96. The number of carbonyl (C=O) groups is 1. The van der Waals surface area contributed by atoms with Crippen molar-refractivity contribution in [3.8, 4) is 11.4 Å². The Morgan fingerprint density at radius 1 is 1.24 bits per heavy atom. The molecule has 1 heterocycles. The van der Waals surface area contributed by atoms with E-state index in [0.29, 0.717) is 5.56 Å². The van der Waals surface area contributed by atoms with Gasteiger partial charge in [-0.2, -0.15) is 0 Å². The third kappa shape index (κ3) is 2.52. The fourth-order valence-corrected chi connectivity index (χ4v) is 2.86. The second-order valence-corrected chi connectivity index (χ2v) is 5.44. The van der Waals surface area contributed by atoms with Gasteiger partial charge in [0.25, 0.3) is 5.91 Å². The van der Waals surface area contributed by atoms with E-state index in [-0.39, 0.29) is 5.91 Å². The lowest BCUT2D eigenvalue weighted by Gasteiger charge is -2.02. The summed E-state index contributed by atoms with van der Waals surface area (Å²) < 4.78 is 0. The van der Waals surface area contributed by atoms with E-state index in [1.54, 1.807) is 24.9 Å². The van der Waals surface area contributed by atoms with E-state index >= 15 is 0 Å². The molecular formula is C16H15N3OS. The standard InChI is InChI=1S/C16H15N3OS/c1-17-16(20)10-7-8-12-13(9-10)19-15(18-12)11-5-3-4-6-14(11)21-2/h3-9H,1-2H3,(H,17,20)(H,18,19). The van der Waals surface area contributed by atoms with E-state index in [1.165, 1.54) is 4.90 Å². The van der Waals surface area contributed by atoms with E-state index < -0.39 is 0 Å². The number of amides is 1. The number of H-pyrrole nitrogens is 1. The number of fused-ring (bicyclic) bond motifs is 1. The van der Waals surface area contributed by atoms with Crippen LogP contribution in [0.2, 0.25) is 0 Å². The smallest absolute Gasteiger partial charge is 0.251 e. The van der Waals surface area contributed by atoms with Crippen LogP contribution in [0.1, 0.15) is 10.4 Å². The normalized spacial score (nSPS) is 10.8. The molecule has 0 fully saturated rings. The van der Waals surface area contributed by atoms with Crippen molar-refractivity contribution >= 4 is 28.7 Å². The van der Waals surface area contributed by atoms with Crippen LogP contribution in [0.3, 0.4) is 0 Å². The number of rotatable bonds is 3. The number of aromatic amines is 1. The molecule has 4 nitrogen and oxygen atoms in total. The minimum absolute atomic E-state index is 0.0995. The minimum Gasteiger partial charge on any atom is -0.355 e. The molecule has 0 bridgehead atoms. The molecule has 1 aromatic heterocycles. The number of carbonyl (C=O) groups excluding carboxylic acids is 1. The van der Waals surface area contributed by atoms with Gasteiger partial charge in [-0.3, -0.25) is 4.79 Å². The van der Waals surface area contributed by atoms with Crippen LogP contribution in [-0.2, 0) is 0 Å². The predicted octanol–water partition coefficient (Wildman–Crippen LogP) is 3.31. The van der Waals surface area contributed by atoms with Crippen LogP contribution in [0.25, 0.3) is 22.4 Å². The number of nitrogens with one attached hydrogen (secondary N) is 2. The number of aromatic nitrogens is 2. The van der Waals surface area contributed by atoms with Gasteiger partial charge >= 0.3 is 0 Å². The predicted molar refractivity (Wildman–Crippen MR) is 86.7 cm³/mol. The molecule has 0 aliphatic heterocycles. The maximum absolute atomic E-state index is 11.7. The third-order valence-electron chi connectivity index (χ3n) is 3.33. The van der Waals surface area contributed by atoms with Gasteiger partial charge in [0, 0.05) is 23.1 Å². The van der Waals surface area contributed by atoms with E-state index in [9.17, 15) is 4.79 Å². The molecule has 0 aliphatic rings. The number of thioether (sulfide) groups is 1. The maximum Gasteiger partial charge on any atom is 0.251 e. The first kappa shape index (κ1) is 13.7. The highest BCUT2D eigenvalue weighted by Gasteiger charge is 2.11. The van der Waals surface area contributed by atoms with Gasteiger partial charge in [0.05, 0.1) is 11.0 Å². The Morgan fingerprint density at radius 2 is 2.05 bits per heavy atom. The van der Waals surface area contributed by atoms with Gasteiger partial charge in [-0.15, -0.1) is 11.8 Å². The van der Waals surface area contributed by atoms with E-state index in [2.05, 4.69) is 21.4 Å². The van der Waals surface area contributed by atoms with Crippen molar-refractivity contribution < 1.29 is 4.79 Å². The number of benzene rings is 2. The first-order valence-electron chi connectivity index (χ1n) is 6.58. The average molecular weight is 297 g/mol. The largest absolute Gasteiger partial charge is 0.355 e. The first-order valence-corrected chi connectivity index (χ1v) is 7.80. The lowest BCUT2D eigenvalue weighted by molar-refractivity contribution is 0.0963. The Morgan fingerprint density at radius 3 is 2.81 bits per heavy atom. The van der Waals surface area contributed by atoms with Crippen molar-refractivity contribution in [1.82, 2.24) is 15.3 Å². The minimum atomic E-state index is -0.0995. The fraction of sp³-hybridized carbons (Fsp3) is 0.125. The molecule has 2 N–H and O–H groups in total. The Labute approximate surface area is 127 Å². The second-order valence-electron chi connectivity index (χ2n) is 4.60. The van der Waals surface area contributed by atoms with Gasteiger partial charge < -0.3 is 10.3 Å². The summed E-state index contributed by atoms with van der Waals surface area (Å²) in [5.74, 6) is 0.724. The van der Waals surface area contributed by atoms with E-state index in [4.69, 9.17) is 0 Å². The first-order chi connectivity index (χ1) is 10.2. The number of hydrogen-bond donors (Lipinski definition) is 2. The summed E-state index contributed by atoms with van der Waals surface area (Å²) in [6.07, 6.45) is 2.05. The fourth-order valence-electron chi connectivity index (χ4n) is 2.26. The van der Waals surface area contributed by atoms with Crippen molar-refractivity contribution in [2.24, 2.45) is 0 Å². The van der Waals surface area contributed by atoms with Gasteiger partial charge in [0.2, 0.25) is 0 Å². The van der Waals surface area contributed by atoms with Crippen LogP contribution >= 0.6 is 11.8 Å². The number of nitrogens with zero attached hydrogens (tertiary/aromatic N) is 1. The summed E-state index contributed by atoms with van der Waals surface area (Å²) in [6, 6.07) is 13.6. The molecular weight excluding hydrogens is 282 g/mol. The highest BCUT2D eigenvalue weighted by molar-refractivity contribution is 7.98. The zero-order valence-electron chi connectivity index (χ0n) is 11.8. The van der Waals surface area contributed by atoms with Gasteiger partial charge in [-0.05, 0) is 30.5 Å². The van der Waals surface area contributed by atoms with Crippen LogP contribution in [0.15, 0.2) is 47.4 Å². The van der Waals surface area contributed by atoms with Gasteiger partial charge in [-0.25, -0.2) is 4.98 Å². The molecule has 21 heavy (non-hydrogen) atoms. The monoisotopic (exact) mass is 297 g/mol. The molecule has 2 aromatic carbocycles. The summed E-state index contributed by atoms with van der Waals surface area (Å²) >= 11 is 1.69. The molecule has 0 radical (unpaired) electrons. The zero-order valence-corrected chi connectivity index (χ0v) is 12.6. The van der Waals surface area contributed by atoms with Crippen LogP contribution in [0.5, 0.6) is 0 Å². The topological polar surface area (TPSA) is 57.8 Å². The van der Waals surface area contributed by atoms with Crippen molar-refractivity contribution in [3.63, 3.8) is 0 Å². The summed E-state index contributed by atoms with van der Waals surface area (Å²) in [5, 5.41) is 2.63. The Hall–Kier alpha value is -2.27. The van der Waals surface area contributed by atoms with Gasteiger partial charge in [0.15, 0.2) is 0 Å². The molecule has 5 heteroatoms. The highest BCUT2D eigenvalue weighted by Crippen LogP contribution is 2.29. The summed E-state index contributed by atoms with van der Waals surface area (Å²) in [5.41, 5.74) is 3.41. The summed E-state index contributed by atoms with van der Waals surface area (Å²) in [4.78, 5) is 20.8. The highest BCUT2D eigenvalue weighted by atomic mass is 32.2. The van der Waals surface area contributed by atoms with Crippen LogP contribution < -0.4 is 5.32 Å². The molecule has 0 atom stereocenters. The SMILES string of the molecule is CNC(=O)c1ccc2nc(-c3ccccc3SC)[nH]c2c1. The van der Waals surface area contributed by atoms with Crippen molar-refractivity contribution in [2.75, 3.05) is 13.3 Å². The molecule has 0 spiro atoms. The lowest BCUT2D eigenvalue weighted by atomic mass is 10.2. The van der Waals surface area contributed by atoms with Gasteiger partial charge in [0.1, 0.15) is 5.82 Å². The van der Waals surface area contributed by atoms with E-state index in [0.717, 1.165) is 22.4 Å². The molecule has 0 saturated carbocycles. The zero-order chi connectivity index (χ0) is 14.8. The molecule has 0 aliphatic carbocycles.